The molecule has 0 spiro atoms. The van der Waals surface area contributed by atoms with Crippen LogP contribution in [0.15, 0.2) is 251 Å². The molecule has 0 N–H and O–H groups in total. The highest BCUT2D eigenvalue weighted by atomic mass is 16.3. The lowest BCUT2D eigenvalue weighted by Gasteiger charge is -2.50. The maximum absolute atomic E-state index is 6.28. The van der Waals surface area contributed by atoms with Gasteiger partial charge < -0.3 is 18.6 Å². The largest absolute Gasteiger partial charge is 0.456 e. The number of para-hydroxylation sites is 3. The van der Waals surface area contributed by atoms with Crippen molar-refractivity contribution in [3.8, 4) is 44.5 Å². The van der Waals surface area contributed by atoms with Gasteiger partial charge in [-0.2, -0.15) is 0 Å². The van der Waals surface area contributed by atoms with Crippen molar-refractivity contribution in [2.24, 2.45) is 0 Å². The monoisotopic (exact) mass is 976 g/mol. The second-order valence-electron chi connectivity index (χ2n) is 21.7. The van der Waals surface area contributed by atoms with E-state index in [1.165, 1.54) is 83.8 Å². The smallest absolute Gasteiger partial charge is 0.135 e. The zero-order valence-corrected chi connectivity index (χ0v) is 42.8. The Morgan fingerprint density at radius 1 is 0.289 bits per heavy atom. The van der Waals surface area contributed by atoms with E-state index in [1.54, 1.807) is 0 Å². The van der Waals surface area contributed by atoms with E-state index in [-0.39, 0.29) is 10.8 Å². The summed E-state index contributed by atoms with van der Waals surface area (Å²) in [6.45, 7) is 9.68. The van der Waals surface area contributed by atoms with Crippen molar-refractivity contribution >= 4 is 78.0 Å². The first-order chi connectivity index (χ1) is 37.2. The summed E-state index contributed by atoms with van der Waals surface area (Å²) >= 11 is 0. The second kappa shape index (κ2) is 16.6. The van der Waals surface area contributed by atoms with Crippen molar-refractivity contribution in [3.05, 3.63) is 265 Å². The number of rotatable bonds is 7. The second-order valence-corrected chi connectivity index (χ2v) is 21.7. The van der Waals surface area contributed by atoms with Gasteiger partial charge in [0, 0.05) is 49.4 Å². The fraction of sp³-hybridized carbons (Fsp3) is 0.0833. The van der Waals surface area contributed by atoms with Gasteiger partial charge in [0.25, 0.3) is 0 Å². The summed E-state index contributed by atoms with van der Waals surface area (Å²) in [6, 6.07) is 88.5. The number of anilines is 6. The molecule has 0 amide bonds. The summed E-state index contributed by atoms with van der Waals surface area (Å²) in [5.41, 5.74) is 24.6. The molecule has 0 aliphatic carbocycles. The Morgan fingerprint density at radius 3 is 1.14 bits per heavy atom. The highest BCUT2D eigenvalue weighted by Gasteiger charge is 2.46. The van der Waals surface area contributed by atoms with Crippen LogP contribution in [0.2, 0.25) is 0 Å². The first-order valence-corrected chi connectivity index (χ1v) is 26.4. The van der Waals surface area contributed by atoms with Gasteiger partial charge >= 0.3 is 0 Å². The molecule has 4 nitrogen and oxygen atoms in total. The van der Waals surface area contributed by atoms with Crippen molar-refractivity contribution in [3.63, 3.8) is 0 Å². The summed E-state index contributed by atoms with van der Waals surface area (Å²) in [5.74, 6) is 0. The minimum absolute atomic E-state index is 0.360. The van der Waals surface area contributed by atoms with Gasteiger partial charge in [-0.3, -0.25) is 0 Å². The molecule has 0 fully saturated rings. The highest BCUT2D eigenvalue weighted by molar-refractivity contribution is 6.08. The average molecular weight is 977 g/mol. The van der Waals surface area contributed by atoms with Gasteiger partial charge in [0.2, 0.25) is 0 Å². The Morgan fingerprint density at radius 2 is 0.645 bits per heavy atom. The SMILES string of the molecule is CC1(C)c2cc(-c3ccc4oc5ccccc5c4c3)ccc2N2c3ccc(-c4ccc5oc6ccccc6c5c4)cc3C(C)(C)c3cc(-c4ccc(N(c5ccccc5)c5ccc(-c6ccccc6)cc5)cc4)cc1c32. The van der Waals surface area contributed by atoms with E-state index < -0.39 is 0 Å². The fourth-order valence-corrected chi connectivity index (χ4v) is 12.6. The van der Waals surface area contributed by atoms with Gasteiger partial charge in [-0.15, -0.1) is 0 Å². The van der Waals surface area contributed by atoms with Crippen LogP contribution in [0.25, 0.3) is 88.4 Å². The van der Waals surface area contributed by atoms with Crippen LogP contribution in [0.5, 0.6) is 0 Å². The van der Waals surface area contributed by atoms with Crippen molar-refractivity contribution in [2.45, 2.75) is 38.5 Å². The van der Waals surface area contributed by atoms with Crippen LogP contribution in [-0.4, -0.2) is 0 Å². The standard InChI is InChI=1S/C72H52N2O2/c1-71(2)60-41-50(48-29-37-68-58(39-48)56-19-11-13-21-66(56)75-68)27-35-64(60)74-65-36-28-51(49-30-38-69-59(40-49)57-20-12-14-22-67(57)76-69)42-61(65)72(3,4)63-44-52(43-62(71)70(63)74)47-25-33-55(34-26-47)73(53-17-9-6-10-18-53)54-31-23-46(24-32-54)45-15-7-5-8-16-45/h5-44H,1-4H3. The molecule has 2 aromatic heterocycles. The quantitative estimate of drug-likeness (QED) is 0.159. The lowest BCUT2D eigenvalue weighted by Crippen LogP contribution is -2.38. The highest BCUT2D eigenvalue weighted by Crippen LogP contribution is 2.61. The Bertz CT molecular complexity index is 4250. The van der Waals surface area contributed by atoms with Crippen LogP contribution in [-0.2, 0) is 10.8 Å². The summed E-state index contributed by atoms with van der Waals surface area (Å²) in [4.78, 5) is 4.93. The van der Waals surface area contributed by atoms with Crippen LogP contribution in [0, 0.1) is 0 Å². The number of nitrogens with zero attached hydrogens (tertiary/aromatic N) is 2. The first-order valence-electron chi connectivity index (χ1n) is 26.4. The molecule has 13 aromatic rings. The van der Waals surface area contributed by atoms with Gasteiger partial charge in [0.15, 0.2) is 0 Å². The van der Waals surface area contributed by atoms with E-state index in [9.17, 15) is 0 Å². The molecule has 0 radical (unpaired) electrons. The Hall–Kier alpha value is -9.38. The van der Waals surface area contributed by atoms with Crippen LogP contribution in [0.3, 0.4) is 0 Å². The topological polar surface area (TPSA) is 32.8 Å². The van der Waals surface area contributed by atoms with Gasteiger partial charge in [0.05, 0.1) is 17.1 Å². The zero-order chi connectivity index (χ0) is 50.9. The Kier molecular flexibility index (Phi) is 9.62. The molecule has 0 atom stereocenters. The fourth-order valence-electron chi connectivity index (χ4n) is 12.6. The molecule has 0 saturated carbocycles. The van der Waals surface area contributed by atoms with E-state index in [0.29, 0.717) is 0 Å². The summed E-state index contributed by atoms with van der Waals surface area (Å²) in [6.07, 6.45) is 0. The molecule has 4 heteroatoms. The van der Waals surface area contributed by atoms with E-state index in [0.717, 1.165) is 60.9 Å². The van der Waals surface area contributed by atoms with E-state index in [4.69, 9.17) is 8.83 Å². The van der Waals surface area contributed by atoms with Crippen molar-refractivity contribution in [2.75, 3.05) is 9.80 Å². The Labute approximate surface area is 442 Å². The summed E-state index contributed by atoms with van der Waals surface area (Å²) in [5, 5.41) is 4.53. The van der Waals surface area contributed by atoms with E-state index in [1.807, 2.05) is 12.1 Å². The minimum atomic E-state index is -0.360. The molecular weight excluding hydrogens is 925 g/mol. The van der Waals surface area contributed by atoms with Crippen LogP contribution in [0.4, 0.5) is 34.1 Å². The third-order valence-electron chi connectivity index (χ3n) is 16.6. The lowest BCUT2D eigenvalue weighted by molar-refractivity contribution is 0.598. The van der Waals surface area contributed by atoms with Gasteiger partial charge in [-0.05, 0) is 176 Å². The van der Waals surface area contributed by atoms with Crippen molar-refractivity contribution in [1.82, 2.24) is 0 Å². The molecule has 76 heavy (non-hydrogen) atoms. The minimum Gasteiger partial charge on any atom is -0.456 e. The van der Waals surface area contributed by atoms with Gasteiger partial charge in [-0.25, -0.2) is 0 Å². The van der Waals surface area contributed by atoms with E-state index in [2.05, 4.69) is 268 Å². The van der Waals surface area contributed by atoms with Gasteiger partial charge in [0.1, 0.15) is 22.3 Å². The number of fused-ring (bicyclic) bond motifs is 10. The molecule has 15 rings (SSSR count). The van der Waals surface area contributed by atoms with Gasteiger partial charge in [-0.1, -0.05) is 161 Å². The predicted octanol–water partition coefficient (Wildman–Crippen LogP) is 20.4. The number of furan rings is 2. The molecule has 0 unspecified atom stereocenters. The molecule has 2 aliphatic heterocycles. The van der Waals surface area contributed by atoms with Crippen molar-refractivity contribution in [1.29, 1.82) is 0 Å². The molecule has 362 valence electrons. The van der Waals surface area contributed by atoms with Crippen LogP contribution < -0.4 is 9.80 Å². The number of hydrogen-bond donors (Lipinski definition) is 0. The molecular formula is C72H52N2O2. The van der Waals surface area contributed by atoms with Crippen molar-refractivity contribution < 1.29 is 8.83 Å². The molecule has 11 aromatic carbocycles. The van der Waals surface area contributed by atoms with Crippen LogP contribution >= 0.6 is 0 Å². The van der Waals surface area contributed by atoms with E-state index >= 15 is 0 Å². The summed E-state index contributed by atoms with van der Waals surface area (Å²) in [7, 11) is 0. The lowest BCUT2D eigenvalue weighted by atomic mass is 9.65. The normalized spacial score (nSPS) is 14.0. The summed E-state index contributed by atoms with van der Waals surface area (Å²) < 4.78 is 12.6. The maximum atomic E-state index is 6.28. The molecule has 2 aliphatic rings. The maximum Gasteiger partial charge on any atom is 0.135 e. The third kappa shape index (κ3) is 6.77. The van der Waals surface area contributed by atoms with Crippen LogP contribution in [0.1, 0.15) is 49.9 Å². The predicted molar refractivity (Wildman–Crippen MR) is 316 cm³/mol. The molecule has 0 saturated heterocycles. The third-order valence-corrected chi connectivity index (χ3v) is 16.6. The first kappa shape index (κ1) is 44.1. The number of benzene rings is 11. The average Bonchev–Trinajstić information content (AvgIpc) is 4.16. The zero-order valence-electron chi connectivity index (χ0n) is 42.8. The Balaban J connectivity index is 0.886. The molecule has 0 bridgehead atoms. The number of hydrogen-bond acceptors (Lipinski definition) is 4. The molecule has 4 heterocycles.